The Hall–Kier alpha value is -1.11. The molecular formula is C16H22O2S. The molecule has 0 spiro atoms. The number of ether oxygens (including phenoxy) is 1. The molecule has 1 aromatic carbocycles. The molecule has 104 valence electrons. The summed E-state index contributed by atoms with van der Waals surface area (Å²) >= 11 is 1.91. The Morgan fingerprint density at radius 1 is 1.37 bits per heavy atom. The molecule has 0 aliphatic heterocycles. The van der Waals surface area contributed by atoms with Crippen molar-refractivity contribution in [3.05, 3.63) is 29.3 Å². The van der Waals surface area contributed by atoms with Gasteiger partial charge < -0.3 is 9.84 Å². The van der Waals surface area contributed by atoms with E-state index in [9.17, 15) is 0 Å². The Balaban J connectivity index is 2.81. The topological polar surface area (TPSA) is 29.5 Å². The largest absolute Gasteiger partial charge is 0.497 e. The van der Waals surface area contributed by atoms with E-state index < -0.39 is 0 Å². The molecule has 0 bridgehead atoms. The zero-order valence-corrected chi connectivity index (χ0v) is 12.7. The van der Waals surface area contributed by atoms with Gasteiger partial charge in [0.25, 0.3) is 0 Å². The van der Waals surface area contributed by atoms with Crippen LogP contribution in [0.4, 0.5) is 0 Å². The van der Waals surface area contributed by atoms with E-state index in [2.05, 4.69) is 31.8 Å². The molecule has 0 amide bonds. The molecule has 0 saturated carbocycles. The third-order valence-corrected chi connectivity index (χ3v) is 3.90. The monoisotopic (exact) mass is 278 g/mol. The van der Waals surface area contributed by atoms with E-state index in [4.69, 9.17) is 9.84 Å². The van der Waals surface area contributed by atoms with Crippen molar-refractivity contribution in [2.24, 2.45) is 5.92 Å². The fourth-order valence-corrected chi connectivity index (χ4v) is 2.60. The van der Waals surface area contributed by atoms with Crippen LogP contribution in [0.25, 0.3) is 0 Å². The van der Waals surface area contributed by atoms with E-state index in [-0.39, 0.29) is 6.61 Å². The Bertz CT molecular complexity index is 444. The predicted molar refractivity (Wildman–Crippen MR) is 82.6 cm³/mol. The maximum atomic E-state index is 8.77. The lowest BCUT2D eigenvalue weighted by atomic mass is 10.1. The van der Waals surface area contributed by atoms with Crippen LogP contribution in [0.15, 0.2) is 18.2 Å². The maximum Gasteiger partial charge on any atom is 0.119 e. The van der Waals surface area contributed by atoms with Crippen molar-refractivity contribution >= 4 is 11.8 Å². The van der Waals surface area contributed by atoms with Crippen molar-refractivity contribution in [2.75, 3.05) is 19.5 Å². The molecule has 2 nitrogen and oxygen atoms in total. The van der Waals surface area contributed by atoms with E-state index in [1.807, 2.05) is 23.9 Å². The fraction of sp³-hybridized carbons (Fsp3) is 0.500. The normalized spacial score (nSPS) is 10.2. The van der Waals surface area contributed by atoms with Crippen molar-refractivity contribution in [3.63, 3.8) is 0 Å². The van der Waals surface area contributed by atoms with E-state index >= 15 is 0 Å². The van der Waals surface area contributed by atoms with Gasteiger partial charge in [0.05, 0.1) is 13.7 Å². The van der Waals surface area contributed by atoms with E-state index in [1.54, 1.807) is 7.11 Å². The molecule has 3 heteroatoms. The van der Waals surface area contributed by atoms with Gasteiger partial charge in [0.1, 0.15) is 5.75 Å². The van der Waals surface area contributed by atoms with Gasteiger partial charge >= 0.3 is 0 Å². The van der Waals surface area contributed by atoms with Crippen LogP contribution in [0.3, 0.4) is 0 Å². The van der Waals surface area contributed by atoms with Gasteiger partial charge in [-0.1, -0.05) is 25.7 Å². The molecule has 0 heterocycles. The van der Waals surface area contributed by atoms with E-state index in [1.165, 1.54) is 5.56 Å². The van der Waals surface area contributed by atoms with Gasteiger partial charge in [-0.25, -0.2) is 0 Å². The second-order valence-corrected chi connectivity index (χ2v) is 5.74. The summed E-state index contributed by atoms with van der Waals surface area (Å²) in [7, 11) is 1.68. The van der Waals surface area contributed by atoms with Crippen molar-refractivity contribution in [2.45, 2.75) is 26.0 Å². The average Bonchev–Trinajstić information content (AvgIpc) is 2.40. The summed E-state index contributed by atoms with van der Waals surface area (Å²) in [5, 5.41) is 8.77. The number of thioether (sulfide) groups is 1. The SMILES string of the molecule is COc1ccc(C#CCCO)c(CSCC(C)C)c1. The standard InChI is InChI=1S/C16H22O2S/c1-13(2)11-19-12-15-10-16(18-3)8-7-14(15)6-4-5-9-17/h7-8,10,13,17H,5,9,11-12H2,1-3H3. The highest BCUT2D eigenvalue weighted by atomic mass is 32.2. The highest BCUT2D eigenvalue weighted by Gasteiger charge is 2.04. The quantitative estimate of drug-likeness (QED) is 0.810. The van der Waals surface area contributed by atoms with E-state index in [0.717, 1.165) is 22.8 Å². The highest BCUT2D eigenvalue weighted by molar-refractivity contribution is 7.98. The lowest BCUT2D eigenvalue weighted by molar-refractivity contribution is 0.305. The smallest absolute Gasteiger partial charge is 0.119 e. The molecule has 0 aliphatic carbocycles. The lowest BCUT2D eigenvalue weighted by Crippen LogP contribution is -1.95. The molecule has 0 aliphatic rings. The van der Waals surface area contributed by atoms with Crippen molar-refractivity contribution in [1.29, 1.82) is 0 Å². The first-order valence-corrected chi connectivity index (χ1v) is 7.67. The number of benzene rings is 1. The Morgan fingerprint density at radius 2 is 2.16 bits per heavy atom. The minimum Gasteiger partial charge on any atom is -0.497 e. The van der Waals surface area contributed by atoms with Gasteiger partial charge in [0.15, 0.2) is 0 Å². The van der Waals surface area contributed by atoms with Crippen LogP contribution in [0.1, 0.15) is 31.4 Å². The molecule has 1 aromatic rings. The summed E-state index contributed by atoms with van der Waals surface area (Å²) in [5.74, 6) is 9.75. The molecule has 0 atom stereocenters. The number of rotatable bonds is 6. The minimum atomic E-state index is 0.112. The maximum absolute atomic E-state index is 8.77. The number of methoxy groups -OCH3 is 1. The van der Waals surface area contributed by atoms with Crippen LogP contribution >= 0.6 is 11.8 Å². The van der Waals surface area contributed by atoms with Crippen LogP contribution in [-0.2, 0) is 5.75 Å². The fourth-order valence-electron chi connectivity index (χ4n) is 1.56. The molecular weight excluding hydrogens is 256 g/mol. The van der Waals surface area contributed by atoms with Crippen molar-refractivity contribution < 1.29 is 9.84 Å². The van der Waals surface area contributed by atoms with Crippen LogP contribution < -0.4 is 4.74 Å². The summed E-state index contributed by atoms with van der Waals surface area (Å²) < 4.78 is 5.27. The molecule has 0 saturated heterocycles. The number of hydrogen-bond donors (Lipinski definition) is 1. The van der Waals surface area contributed by atoms with Gasteiger partial charge in [-0.3, -0.25) is 0 Å². The third kappa shape index (κ3) is 6.04. The van der Waals surface area contributed by atoms with Crippen LogP contribution in [0.2, 0.25) is 0 Å². The molecule has 0 radical (unpaired) electrons. The summed E-state index contributed by atoms with van der Waals surface area (Å²) in [5.41, 5.74) is 2.24. The van der Waals surface area contributed by atoms with Gasteiger partial charge in [-0.15, -0.1) is 0 Å². The summed E-state index contributed by atoms with van der Waals surface area (Å²) in [6, 6.07) is 5.98. The second kappa shape index (κ2) is 8.90. The van der Waals surface area contributed by atoms with Gasteiger partial charge in [0.2, 0.25) is 0 Å². The minimum absolute atomic E-state index is 0.112. The zero-order chi connectivity index (χ0) is 14.1. The Morgan fingerprint density at radius 3 is 2.79 bits per heavy atom. The Kier molecular flexibility index (Phi) is 7.47. The lowest BCUT2D eigenvalue weighted by Gasteiger charge is -2.09. The highest BCUT2D eigenvalue weighted by Crippen LogP contribution is 2.23. The zero-order valence-electron chi connectivity index (χ0n) is 11.9. The molecule has 0 aromatic heterocycles. The predicted octanol–water partition coefficient (Wildman–Crippen LogP) is 3.32. The molecule has 0 fully saturated rings. The average molecular weight is 278 g/mol. The first-order valence-electron chi connectivity index (χ1n) is 6.51. The van der Waals surface area contributed by atoms with Gasteiger partial charge in [-0.2, -0.15) is 11.8 Å². The first kappa shape index (κ1) is 15.9. The van der Waals surface area contributed by atoms with Crippen LogP contribution in [-0.4, -0.2) is 24.6 Å². The third-order valence-electron chi connectivity index (χ3n) is 2.48. The first-order chi connectivity index (χ1) is 9.17. The van der Waals surface area contributed by atoms with Crippen LogP contribution in [0.5, 0.6) is 5.75 Å². The molecule has 19 heavy (non-hydrogen) atoms. The molecule has 1 N–H and O–H groups in total. The number of hydrogen-bond acceptors (Lipinski definition) is 3. The van der Waals surface area contributed by atoms with Crippen LogP contribution in [0, 0.1) is 17.8 Å². The van der Waals surface area contributed by atoms with Gasteiger partial charge in [0, 0.05) is 17.7 Å². The summed E-state index contributed by atoms with van der Waals surface area (Å²) in [6.45, 7) is 4.56. The second-order valence-electron chi connectivity index (χ2n) is 4.71. The van der Waals surface area contributed by atoms with E-state index in [0.29, 0.717) is 12.3 Å². The van der Waals surface area contributed by atoms with Crippen molar-refractivity contribution in [3.8, 4) is 17.6 Å². The molecule has 1 rings (SSSR count). The van der Waals surface area contributed by atoms with Gasteiger partial charge in [-0.05, 0) is 35.4 Å². The Labute approximate surface area is 120 Å². The molecule has 0 unspecified atom stereocenters. The summed E-state index contributed by atoms with van der Waals surface area (Å²) in [4.78, 5) is 0. The number of aliphatic hydroxyl groups is 1. The van der Waals surface area contributed by atoms with Crippen molar-refractivity contribution in [1.82, 2.24) is 0 Å². The number of aliphatic hydroxyl groups excluding tert-OH is 1. The summed E-state index contributed by atoms with van der Waals surface area (Å²) in [6.07, 6.45) is 0.518.